The Hall–Kier alpha value is -1.64. The van der Waals surface area contributed by atoms with E-state index in [1.54, 1.807) is 24.3 Å². The first kappa shape index (κ1) is 13.4. The zero-order chi connectivity index (χ0) is 12.7. The number of rotatable bonds is 7. The van der Waals surface area contributed by atoms with Crippen molar-refractivity contribution in [2.24, 2.45) is 0 Å². The molecule has 0 saturated heterocycles. The van der Waals surface area contributed by atoms with E-state index in [9.17, 15) is 9.59 Å². The van der Waals surface area contributed by atoms with Gasteiger partial charge in [0.25, 0.3) is 0 Å². The molecule has 0 spiro atoms. The number of ether oxygens (including phenoxy) is 1. The van der Waals surface area contributed by atoms with Crippen molar-refractivity contribution in [2.75, 3.05) is 6.61 Å². The van der Waals surface area contributed by atoms with E-state index >= 15 is 0 Å². The van der Waals surface area contributed by atoms with E-state index in [1.165, 1.54) is 6.92 Å². The minimum Gasteiger partial charge on any atom is -0.494 e. The van der Waals surface area contributed by atoms with Crippen LogP contribution < -0.4 is 4.74 Å². The number of Topliss-reactive ketones (excluding diaryl/α,β-unsaturated/α-hetero) is 2. The molecule has 3 nitrogen and oxygen atoms in total. The number of carbonyl (C=O) groups excluding carboxylic acids is 2. The second kappa shape index (κ2) is 6.84. The molecule has 0 N–H and O–H groups in total. The molecule has 17 heavy (non-hydrogen) atoms. The van der Waals surface area contributed by atoms with Gasteiger partial charge < -0.3 is 9.53 Å². The van der Waals surface area contributed by atoms with Crippen LogP contribution in [0, 0.1) is 0 Å². The number of hydrogen-bond acceptors (Lipinski definition) is 3. The Bertz CT molecular complexity index is 379. The van der Waals surface area contributed by atoms with Crippen LogP contribution in [0.1, 0.15) is 43.5 Å². The standard InChI is InChI=1S/C14H18O3/c1-3-10-17-13-7-5-12(6-8-13)14(16)9-4-11(2)15/h5-8H,3-4,9-10H2,1-2H3. The van der Waals surface area contributed by atoms with Crippen molar-refractivity contribution in [3.63, 3.8) is 0 Å². The lowest BCUT2D eigenvalue weighted by molar-refractivity contribution is -0.116. The first-order valence-corrected chi connectivity index (χ1v) is 5.89. The third-order valence-electron chi connectivity index (χ3n) is 2.35. The van der Waals surface area contributed by atoms with Gasteiger partial charge in [-0.1, -0.05) is 6.92 Å². The van der Waals surface area contributed by atoms with Gasteiger partial charge in [0.15, 0.2) is 5.78 Å². The summed E-state index contributed by atoms with van der Waals surface area (Å²) in [7, 11) is 0. The lowest BCUT2D eigenvalue weighted by Gasteiger charge is -2.05. The molecule has 0 heterocycles. The Morgan fingerprint density at radius 3 is 2.29 bits per heavy atom. The number of benzene rings is 1. The summed E-state index contributed by atoms with van der Waals surface area (Å²) in [6, 6.07) is 7.06. The van der Waals surface area contributed by atoms with E-state index in [0.29, 0.717) is 18.6 Å². The fourth-order valence-electron chi connectivity index (χ4n) is 1.39. The monoisotopic (exact) mass is 234 g/mol. The molecule has 0 aliphatic rings. The smallest absolute Gasteiger partial charge is 0.163 e. The summed E-state index contributed by atoms with van der Waals surface area (Å²) in [5.74, 6) is 0.818. The van der Waals surface area contributed by atoms with Gasteiger partial charge in [0.2, 0.25) is 0 Å². The Morgan fingerprint density at radius 2 is 1.76 bits per heavy atom. The Morgan fingerprint density at radius 1 is 1.12 bits per heavy atom. The van der Waals surface area contributed by atoms with Gasteiger partial charge in [-0.15, -0.1) is 0 Å². The molecule has 1 aromatic rings. The van der Waals surface area contributed by atoms with Crippen molar-refractivity contribution in [3.8, 4) is 5.75 Å². The summed E-state index contributed by atoms with van der Waals surface area (Å²) < 4.78 is 5.42. The first-order valence-electron chi connectivity index (χ1n) is 5.89. The van der Waals surface area contributed by atoms with Crippen LogP contribution in [0.15, 0.2) is 24.3 Å². The average Bonchev–Trinajstić information content (AvgIpc) is 2.34. The molecule has 0 aliphatic carbocycles. The molecular formula is C14H18O3. The molecule has 0 aromatic heterocycles. The van der Waals surface area contributed by atoms with Gasteiger partial charge in [0, 0.05) is 18.4 Å². The van der Waals surface area contributed by atoms with Crippen LogP contribution in [0.4, 0.5) is 0 Å². The van der Waals surface area contributed by atoms with Crippen LogP contribution in [0.5, 0.6) is 5.75 Å². The SMILES string of the molecule is CCCOc1ccc(C(=O)CCC(C)=O)cc1. The molecule has 0 fully saturated rings. The zero-order valence-electron chi connectivity index (χ0n) is 10.4. The van der Waals surface area contributed by atoms with Gasteiger partial charge in [0.05, 0.1) is 6.61 Å². The van der Waals surface area contributed by atoms with Crippen LogP contribution in [-0.4, -0.2) is 18.2 Å². The molecule has 3 heteroatoms. The Labute approximate surface area is 102 Å². The predicted molar refractivity (Wildman–Crippen MR) is 66.5 cm³/mol. The average molecular weight is 234 g/mol. The summed E-state index contributed by atoms with van der Waals surface area (Å²) in [6.07, 6.45) is 1.55. The summed E-state index contributed by atoms with van der Waals surface area (Å²) in [5.41, 5.74) is 0.634. The number of hydrogen-bond donors (Lipinski definition) is 0. The van der Waals surface area contributed by atoms with Gasteiger partial charge in [-0.3, -0.25) is 4.79 Å². The van der Waals surface area contributed by atoms with E-state index < -0.39 is 0 Å². The molecule has 0 amide bonds. The van der Waals surface area contributed by atoms with Crippen molar-refractivity contribution in [1.82, 2.24) is 0 Å². The topological polar surface area (TPSA) is 43.4 Å². The van der Waals surface area contributed by atoms with Crippen molar-refractivity contribution in [3.05, 3.63) is 29.8 Å². The van der Waals surface area contributed by atoms with E-state index in [-0.39, 0.29) is 18.0 Å². The van der Waals surface area contributed by atoms with Crippen LogP contribution in [-0.2, 0) is 4.79 Å². The van der Waals surface area contributed by atoms with E-state index in [0.717, 1.165) is 12.2 Å². The number of carbonyl (C=O) groups is 2. The third-order valence-corrected chi connectivity index (χ3v) is 2.35. The van der Waals surface area contributed by atoms with Crippen LogP contribution in [0.2, 0.25) is 0 Å². The van der Waals surface area contributed by atoms with Gasteiger partial charge in [-0.25, -0.2) is 0 Å². The Balaban J connectivity index is 2.54. The molecule has 0 bridgehead atoms. The highest BCUT2D eigenvalue weighted by Gasteiger charge is 2.07. The predicted octanol–water partition coefficient (Wildman–Crippen LogP) is 3.03. The highest BCUT2D eigenvalue weighted by molar-refractivity contribution is 5.98. The van der Waals surface area contributed by atoms with Crippen LogP contribution >= 0.6 is 0 Å². The summed E-state index contributed by atoms with van der Waals surface area (Å²) in [5, 5.41) is 0. The van der Waals surface area contributed by atoms with Crippen molar-refractivity contribution in [2.45, 2.75) is 33.1 Å². The van der Waals surface area contributed by atoms with Gasteiger partial charge in [0.1, 0.15) is 11.5 Å². The van der Waals surface area contributed by atoms with E-state index in [1.807, 2.05) is 6.92 Å². The largest absolute Gasteiger partial charge is 0.494 e. The minimum atomic E-state index is 0.00208. The maximum Gasteiger partial charge on any atom is 0.163 e. The fourth-order valence-corrected chi connectivity index (χ4v) is 1.39. The van der Waals surface area contributed by atoms with E-state index in [4.69, 9.17) is 4.74 Å². The van der Waals surface area contributed by atoms with Crippen LogP contribution in [0.25, 0.3) is 0 Å². The highest BCUT2D eigenvalue weighted by Crippen LogP contribution is 2.14. The van der Waals surface area contributed by atoms with Gasteiger partial charge >= 0.3 is 0 Å². The fraction of sp³-hybridized carbons (Fsp3) is 0.429. The molecule has 1 aromatic carbocycles. The summed E-state index contributed by atoms with van der Waals surface area (Å²) >= 11 is 0. The Kier molecular flexibility index (Phi) is 5.40. The first-order chi connectivity index (χ1) is 8.13. The van der Waals surface area contributed by atoms with Crippen molar-refractivity contribution in [1.29, 1.82) is 0 Å². The zero-order valence-corrected chi connectivity index (χ0v) is 10.4. The van der Waals surface area contributed by atoms with Crippen molar-refractivity contribution >= 4 is 11.6 Å². The molecular weight excluding hydrogens is 216 g/mol. The maximum atomic E-state index is 11.7. The molecule has 0 unspecified atom stereocenters. The normalized spacial score (nSPS) is 10.0. The van der Waals surface area contributed by atoms with Crippen molar-refractivity contribution < 1.29 is 14.3 Å². The molecule has 0 radical (unpaired) electrons. The molecule has 0 aliphatic heterocycles. The summed E-state index contributed by atoms with van der Waals surface area (Å²) in [4.78, 5) is 22.5. The van der Waals surface area contributed by atoms with E-state index in [2.05, 4.69) is 0 Å². The lowest BCUT2D eigenvalue weighted by atomic mass is 10.1. The second-order valence-electron chi connectivity index (χ2n) is 4.00. The number of ketones is 2. The summed E-state index contributed by atoms with van der Waals surface area (Å²) in [6.45, 7) is 4.21. The minimum absolute atomic E-state index is 0.00208. The third kappa shape index (κ3) is 4.81. The molecule has 1 rings (SSSR count). The molecule has 92 valence electrons. The second-order valence-corrected chi connectivity index (χ2v) is 4.00. The highest BCUT2D eigenvalue weighted by atomic mass is 16.5. The lowest BCUT2D eigenvalue weighted by Crippen LogP contribution is -2.02. The van der Waals surface area contributed by atoms with Crippen LogP contribution in [0.3, 0.4) is 0 Å². The van der Waals surface area contributed by atoms with Gasteiger partial charge in [-0.2, -0.15) is 0 Å². The maximum absolute atomic E-state index is 11.7. The quantitative estimate of drug-likeness (QED) is 0.681. The van der Waals surface area contributed by atoms with Gasteiger partial charge in [-0.05, 0) is 37.6 Å². The molecule has 0 atom stereocenters. The molecule has 0 saturated carbocycles.